The Kier molecular flexibility index (Phi) is 5.30. The third-order valence-electron chi connectivity index (χ3n) is 4.10. The van der Waals surface area contributed by atoms with Crippen LogP contribution in [0.2, 0.25) is 0 Å². The van der Waals surface area contributed by atoms with Crippen molar-refractivity contribution < 1.29 is 10.2 Å². The van der Waals surface area contributed by atoms with Crippen molar-refractivity contribution in [3.05, 3.63) is 64.7 Å². The SMILES string of the molecule is Br.COc1ccc(-c2nc3ccccn3c2C)c2ccc(=O)[nH]c12.O. The number of ether oxygens (including phenoxy) is 1. The van der Waals surface area contributed by atoms with Crippen LogP contribution in [0.4, 0.5) is 0 Å². The van der Waals surface area contributed by atoms with Crippen molar-refractivity contribution in [2.24, 2.45) is 0 Å². The molecule has 0 atom stereocenters. The molecule has 130 valence electrons. The lowest BCUT2D eigenvalue weighted by molar-refractivity contribution is 0.419. The molecule has 0 radical (unpaired) electrons. The molecule has 4 aromatic rings. The first-order valence-electron chi connectivity index (χ1n) is 7.33. The Bertz CT molecular complexity index is 1100. The molecule has 1 aromatic carbocycles. The maximum absolute atomic E-state index is 11.7. The molecule has 0 bridgehead atoms. The molecule has 3 heterocycles. The van der Waals surface area contributed by atoms with Gasteiger partial charge in [0.25, 0.3) is 0 Å². The zero-order valence-electron chi connectivity index (χ0n) is 13.7. The van der Waals surface area contributed by atoms with E-state index in [0.717, 1.165) is 28.0 Å². The van der Waals surface area contributed by atoms with Crippen LogP contribution >= 0.6 is 17.0 Å². The quantitative estimate of drug-likeness (QED) is 0.557. The summed E-state index contributed by atoms with van der Waals surface area (Å²) in [4.78, 5) is 19.3. The Balaban J connectivity index is 0.00000113. The van der Waals surface area contributed by atoms with Gasteiger partial charge in [-0.2, -0.15) is 0 Å². The molecule has 3 aromatic heterocycles. The van der Waals surface area contributed by atoms with E-state index in [0.29, 0.717) is 11.3 Å². The van der Waals surface area contributed by atoms with Gasteiger partial charge >= 0.3 is 0 Å². The van der Waals surface area contributed by atoms with Crippen molar-refractivity contribution >= 4 is 33.5 Å². The highest BCUT2D eigenvalue weighted by Gasteiger charge is 2.15. The van der Waals surface area contributed by atoms with Crippen molar-refractivity contribution in [1.82, 2.24) is 14.4 Å². The molecular weight excluding hydrogens is 386 g/mol. The highest BCUT2D eigenvalue weighted by atomic mass is 79.9. The van der Waals surface area contributed by atoms with Gasteiger partial charge in [-0.3, -0.25) is 4.79 Å². The van der Waals surface area contributed by atoms with Gasteiger partial charge in [0.1, 0.15) is 11.4 Å². The molecule has 7 heteroatoms. The molecular formula is C18H18BrN3O3. The van der Waals surface area contributed by atoms with E-state index >= 15 is 0 Å². The Labute approximate surface area is 154 Å². The van der Waals surface area contributed by atoms with Crippen molar-refractivity contribution in [1.29, 1.82) is 0 Å². The average Bonchev–Trinajstić information content (AvgIpc) is 2.91. The number of fused-ring (bicyclic) bond motifs is 2. The molecule has 6 nitrogen and oxygen atoms in total. The van der Waals surface area contributed by atoms with Gasteiger partial charge < -0.3 is 19.6 Å². The normalized spacial score (nSPS) is 10.3. The van der Waals surface area contributed by atoms with Gasteiger partial charge in [-0.25, -0.2) is 4.98 Å². The van der Waals surface area contributed by atoms with Crippen molar-refractivity contribution in [3.63, 3.8) is 0 Å². The number of rotatable bonds is 2. The monoisotopic (exact) mass is 403 g/mol. The number of benzene rings is 1. The summed E-state index contributed by atoms with van der Waals surface area (Å²) in [6.07, 6.45) is 1.99. The fraction of sp³-hybridized carbons (Fsp3) is 0.111. The molecule has 25 heavy (non-hydrogen) atoms. The van der Waals surface area contributed by atoms with Crippen LogP contribution in [0.25, 0.3) is 27.8 Å². The summed E-state index contributed by atoms with van der Waals surface area (Å²) in [6, 6.07) is 13.1. The molecule has 0 spiro atoms. The van der Waals surface area contributed by atoms with Gasteiger partial charge in [-0.05, 0) is 37.3 Å². The fourth-order valence-electron chi connectivity index (χ4n) is 2.98. The van der Waals surface area contributed by atoms with Gasteiger partial charge in [0.2, 0.25) is 5.56 Å². The topological polar surface area (TPSA) is 90.9 Å². The third kappa shape index (κ3) is 2.92. The van der Waals surface area contributed by atoms with Gasteiger partial charge in [0, 0.05) is 28.9 Å². The van der Waals surface area contributed by atoms with E-state index < -0.39 is 0 Å². The molecule has 0 amide bonds. The molecule has 0 aliphatic carbocycles. The number of H-pyrrole nitrogens is 1. The van der Waals surface area contributed by atoms with E-state index in [1.165, 1.54) is 6.07 Å². The molecule has 0 unspecified atom stereocenters. The summed E-state index contributed by atoms with van der Waals surface area (Å²) in [6.45, 7) is 2.04. The van der Waals surface area contributed by atoms with E-state index in [2.05, 4.69) is 9.38 Å². The number of imidazole rings is 1. The minimum absolute atomic E-state index is 0. The highest BCUT2D eigenvalue weighted by molar-refractivity contribution is 8.93. The van der Waals surface area contributed by atoms with Gasteiger partial charge in [-0.15, -0.1) is 17.0 Å². The maximum Gasteiger partial charge on any atom is 0.248 e. The van der Waals surface area contributed by atoms with E-state index in [-0.39, 0.29) is 28.0 Å². The molecule has 0 aliphatic heterocycles. The van der Waals surface area contributed by atoms with Crippen LogP contribution in [-0.2, 0) is 0 Å². The second-order valence-corrected chi connectivity index (χ2v) is 5.40. The standard InChI is InChI=1S/C18H15N3O2.BrH.H2O/c1-11-17(19-15-5-3-4-10-21(11)15)12-6-8-14(23-2)18-13(12)7-9-16(22)20-18;;/h3-10H,1-2H3,(H,20,22);1H;1H2. The zero-order valence-corrected chi connectivity index (χ0v) is 15.5. The molecule has 3 N–H and O–H groups in total. The van der Waals surface area contributed by atoms with Crippen LogP contribution in [0.3, 0.4) is 0 Å². The first-order valence-corrected chi connectivity index (χ1v) is 7.33. The molecule has 0 fully saturated rings. The lowest BCUT2D eigenvalue weighted by Gasteiger charge is -2.09. The number of aromatic amines is 1. The summed E-state index contributed by atoms with van der Waals surface area (Å²) in [5.41, 5.74) is 4.36. The Morgan fingerprint density at radius 1 is 1.12 bits per heavy atom. The summed E-state index contributed by atoms with van der Waals surface area (Å²) in [5.74, 6) is 0.642. The van der Waals surface area contributed by atoms with E-state index in [9.17, 15) is 4.79 Å². The van der Waals surface area contributed by atoms with Crippen LogP contribution in [0.15, 0.2) is 53.5 Å². The second-order valence-electron chi connectivity index (χ2n) is 5.40. The van der Waals surface area contributed by atoms with Crippen molar-refractivity contribution in [2.45, 2.75) is 6.92 Å². The summed E-state index contributed by atoms with van der Waals surface area (Å²) < 4.78 is 7.42. The van der Waals surface area contributed by atoms with E-state index in [4.69, 9.17) is 9.72 Å². The number of halogens is 1. The number of nitrogens with one attached hydrogen (secondary N) is 1. The maximum atomic E-state index is 11.7. The predicted octanol–water partition coefficient (Wildman–Crippen LogP) is 2.91. The molecule has 0 saturated carbocycles. The third-order valence-corrected chi connectivity index (χ3v) is 4.10. The van der Waals surface area contributed by atoms with E-state index in [1.807, 2.05) is 49.5 Å². The summed E-state index contributed by atoms with van der Waals surface area (Å²) in [7, 11) is 1.59. The van der Waals surface area contributed by atoms with Crippen LogP contribution in [0.1, 0.15) is 5.69 Å². The Morgan fingerprint density at radius 2 is 1.92 bits per heavy atom. The van der Waals surface area contributed by atoms with Crippen LogP contribution in [0, 0.1) is 6.92 Å². The number of aromatic nitrogens is 3. The fourth-order valence-corrected chi connectivity index (χ4v) is 2.98. The lowest BCUT2D eigenvalue weighted by atomic mass is 10.0. The number of pyridine rings is 2. The number of methoxy groups -OCH3 is 1. The van der Waals surface area contributed by atoms with Crippen LogP contribution in [-0.4, -0.2) is 27.0 Å². The second kappa shape index (κ2) is 7.08. The first kappa shape index (κ1) is 18.7. The smallest absolute Gasteiger partial charge is 0.248 e. The number of hydrogen-bond donors (Lipinski definition) is 1. The first-order chi connectivity index (χ1) is 11.2. The largest absolute Gasteiger partial charge is 0.495 e. The van der Waals surface area contributed by atoms with Crippen molar-refractivity contribution in [2.75, 3.05) is 7.11 Å². The molecule has 0 aliphatic rings. The van der Waals surface area contributed by atoms with Crippen molar-refractivity contribution in [3.8, 4) is 17.0 Å². The lowest BCUT2D eigenvalue weighted by Crippen LogP contribution is -2.04. The molecule has 0 saturated heterocycles. The number of aryl methyl sites for hydroxylation is 1. The Morgan fingerprint density at radius 3 is 2.64 bits per heavy atom. The van der Waals surface area contributed by atoms with Gasteiger partial charge in [0.15, 0.2) is 0 Å². The van der Waals surface area contributed by atoms with Crippen LogP contribution < -0.4 is 10.3 Å². The number of hydrogen-bond acceptors (Lipinski definition) is 3. The van der Waals surface area contributed by atoms with Gasteiger partial charge in [-0.1, -0.05) is 6.07 Å². The zero-order chi connectivity index (χ0) is 16.0. The van der Waals surface area contributed by atoms with Gasteiger partial charge in [0.05, 0.1) is 18.3 Å². The van der Waals surface area contributed by atoms with E-state index in [1.54, 1.807) is 7.11 Å². The average molecular weight is 404 g/mol. The summed E-state index contributed by atoms with van der Waals surface area (Å²) in [5, 5.41) is 0.912. The molecule has 4 rings (SSSR count). The minimum Gasteiger partial charge on any atom is -0.495 e. The van der Waals surface area contributed by atoms with Crippen LogP contribution in [0.5, 0.6) is 5.75 Å². The minimum atomic E-state index is -0.153. The highest BCUT2D eigenvalue weighted by Crippen LogP contribution is 2.33. The number of nitrogens with zero attached hydrogens (tertiary/aromatic N) is 2. The predicted molar refractivity (Wildman–Crippen MR) is 104 cm³/mol. The summed E-state index contributed by atoms with van der Waals surface area (Å²) >= 11 is 0. The Hall–Kier alpha value is -2.64.